The number of nitrogens with two attached hydrogens (primary N) is 1. The molecule has 0 bridgehead atoms. The largest absolute Gasteiger partial charge is 0.339 e. The maximum absolute atomic E-state index is 13.1. The molecule has 2 rings (SSSR count). The van der Waals surface area contributed by atoms with Crippen LogP contribution in [0.5, 0.6) is 0 Å². The van der Waals surface area contributed by atoms with Gasteiger partial charge in [0.25, 0.3) is 11.6 Å². The first-order valence-corrected chi connectivity index (χ1v) is 6.87. The predicted molar refractivity (Wildman–Crippen MR) is 75.4 cm³/mol. The molecule has 0 aromatic heterocycles. The molecule has 1 fully saturated rings. The lowest BCUT2D eigenvalue weighted by molar-refractivity contribution is -0.385. The molecule has 2 N–H and O–H groups in total. The number of hydrogen-bond acceptors (Lipinski definition) is 4. The fraction of sp³-hybridized carbons (Fsp3) is 0.500. The van der Waals surface area contributed by atoms with Crippen LogP contribution >= 0.6 is 0 Å². The monoisotopic (exact) mass is 295 g/mol. The zero-order valence-electron chi connectivity index (χ0n) is 11.8. The highest BCUT2D eigenvalue weighted by Crippen LogP contribution is 2.26. The maximum atomic E-state index is 13.1. The van der Waals surface area contributed by atoms with Crippen molar-refractivity contribution >= 4 is 11.6 Å². The Morgan fingerprint density at radius 2 is 2.00 bits per heavy atom. The summed E-state index contributed by atoms with van der Waals surface area (Å²) in [5.41, 5.74) is 5.25. The number of carbonyl (C=O) groups excluding carboxylic acids is 1. The Morgan fingerprint density at radius 3 is 2.57 bits per heavy atom. The van der Waals surface area contributed by atoms with E-state index in [1.54, 1.807) is 7.05 Å². The highest BCUT2D eigenvalue weighted by molar-refractivity contribution is 5.98. The molecule has 0 heterocycles. The van der Waals surface area contributed by atoms with Crippen molar-refractivity contribution in [3.05, 3.63) is 39.7 Å². The van der Waals surface area contributed by atoms with Crippen LogP contribution in [0, 0.1) is 15.9 Å². The van der Waals surface area contributed by atoms with E-state index in [0.717, 1.165) is 37.8 Å². The minimum absolute atomic E-state index is 0.0157. The number of hydrogen-bond donors (Lipinski definition) is 1. The van der Waals surface area contributed by atoms with Crippen molar-refractivity contribution in [2.24, 2.45) is 5.73 Å². The lowest BCUT2D eigenvalue weighted by atomic mass is 9.90. The summed E-state index contributed by atoms with van der Waals surface area (Å²) in [6.07, 6.45) is 3.21. The molecule has 6 nitrogen and oxygen atoms in total. The van der Waals surface area contributed by atoms with Crippen molar-refractivity contribution in [2.45, 2.75) is 37.8 Å². The molecule has 1 amide bonds. The van der Waals surface area contributed by atoms with Crippen LogP contribution in [0.2, 0.25) is 0 Å². The summed E-state index contributed by atoms with van der Waals surface area (Å²) in [5, 5.41) is 11.0. The van der Waals surface area contributed by atoms with E-state index in [1.807, 2.05) is 0 Å². The standard InChI is InChI=1S/C14H18FN3O3/c1-17(11-5-3-10(16)4-6-11)14(19)12-7-2-9(15)8-13(12)18(20)21/h2,7-8,10-11H,3-6,16H2,1H3. The fourth-order valence-electron chi connectivity index (χ4n) is 2.68. The predicted octanol–water partition coefficient (Wildman–Crippen LogP) is 2.08. The molecule has 1 aromatic rings. The van der Waals surface area contributed by atoms with Gasteiger partial charge in [-0.25, -0.2) is 4.39 Å². The van der Waals surface area contributed by atoms with Gasteiger partial charge < -0.3 is 10.6 Å². The van der Waals surface area contributed by atoms with Crippen LogP contribution in [0.3, 0.4) is 0 Å². The van der Waals surface area contributed by atoms with E-state index in [4.69, 9.17) is 5.73 Å². The van der Waals surface area contributed by atoms with Gasteiger partial charge in [-0.1, -0.05) is 0 Å². The first-order chi connectivity index (χ1) is 9.90. The Kier molecular flexibility index (Phi) is 4.52. The van der Waals surface area contributed by atoms with Gasteiger partial charge in [0.15, 0.2) is 0 Å². The van der Waals surface area contributed by atoms with E-state index in [-0.39, 0.29) is 17.6 Å². The molecule has 0 spiro atoms. The summed E-state index contributed by atoms with van der Waals surface area (Å²) in [6, 6.07) is 3.18. The van der Waals surface area contributed by atoms with Gasteiger partial charge in [0.05, 0.1) is 11.0 Å². The average molecular weight is 295 g/mol. The molecule has 21 heavy (non-hydrogen) atoms. The lowest BCUT2D eigenvalue weighted by Crippen LogP contribution is -2.42. The van der Waals surface area contributed by atoms with Crippen molar-refractivity contribution in [2.75, 3.05) is 7.05 Å². The summed E-state index contributed by atoms with van der Waals surface area (Å²) in [5.74, 6) is -1.19. The molecule has 0 unspecified atom stereocenters. The van der Waals surface area contributed by atoms with E-state index in [0.29, 0.717) is 0 Å². The maximum Gasteiger partial charge on any atom is 0.285 e. The number of nitrogens with zero attached hydrogens (tertiary/aromatic N) is 2. The molecule has 0 atom stereocenters. The number of carbonyl (C=O) groups is 1. The number of halogens is 1. The second-order valence-electron chi connectivity index (χ2n) is 5.40. The Bertz CT molecular complexity index is 556. The lowest BCUT2D eigenvalue weighted by Gasteiger charge is -2.33. The van der Waals surface area contributed by atoms with Gasteiger partial charge in [-0.05, 0) is 37.8 Å². The van der Waals surface area contributed by atoms with Crippen LogP contribution in [0.25, 0.3) is 0 Å². The molecule has 0 saturated heterocycles. The molecule has 1 aliphatic carbocycles. The summed E-state index contributed by atoms with van der Waals surface area (Å²) >= 11 is 0. The number of amides is 1. The molecular formula is C14H18FN3O3. The van der Waals surface area contributed by atoms with E-state index in [1.165, 1.54) is 11.0 Å². The summed E-state index contributed by atoms with van der Waals surface area (Å²) in [7, 11) is 1.62. The Balaban J connectivity index is 2.21. The Labute approximate surface area is 121 Å². The normalized spacial score (nSPS) is 21.9. The van der Waals surface area contributed by atoms with Crippen molar-refractivity contribution in [3.63, 3.8) is 0 Å². The van der Waals surface area contributed by atoms with Crippen LogP contribution in [0.4, 0.5) is 10.1 Å². The molecule has 7 heteroatoms. The van der Waals surface area contributed by atoms with Crippen molar-refractivity contribution in [3.8, 4) is 0 Å². The first kappa shape index (κ1) is 15.4. The summed E-state index contributed by atoms with van der Waals surface area (Å²) in [6.45, 7) is 0. The van der Waals surface area contributed by atoms with Crippen LogP contribution in [0.1, 0.15) is 36.0 Å². The van der Waals surface area contributed by atoms with Gasteiger partial charge in [-0.2, -0.15) is 0 Å². The van der Waals surface area contributed by atoms with Crippen molar-refractivity contribution in [1.29, 1.82) is 0 Å². The molecule has 1 aliphatic rings. The van der Waals surface area contributed by atoms with Gasteiger partial charge in [-0.3, -0.25) is 14.9 Å². The number of benzene rings is 1. The molecule has 0 aliphatic heterocycles. The number of nitro benzene ring substituents is 1. The van der Waals surface area contributed by atoms with E-state index >= 15 is 0 Å². The van der Waals surface area contributed by atoms with Gasteiger partial charge in [-0.15, -0.1) is 0 Å². The Morgan fingerprint density at radius 1 is 1.38 bits per heavy atom. The minimum atomic E-state index is -0.735. The zero-order valence-corrected chi connectivity index (χ0v) is 11.8. The number of rotatable bonds is 3. The van der Waals surface area contributed by atoms with Gasteiger partial charge in [0.2, 0.25) is 0 Å². The third-order valence-corrected chi connectivity index (χ3v) is 4.00. The summed E-state index contributed by atoms with van der Waals surface area (Å²) in [4.78, 5) is 24.2. The topological polar surface area (TPSA) is 89.5 Å². The fourth-order valence-corrected chi connectivity index (χ4v) is 2.68. The van der Waals surface area contributed by atoms with Gasteiger partial charge in [0.1, 0.15) is 11.4 Å². The van der Waals surface area contributed by atoms with E-state index < -0.39 is 22.3 Å². The molecule has 1 saturated carbocycles. The smallest absolute Gasteiger partial charge is 0.285 e. The molecule has 114 valence electrons. The quantitative estimate of drug-likeness (QED) is 0.683. The van der Waals surface area contributed by atoms with Crippen molar-refractivity contribution in [1.82, 2.24) is 4.90 Å². The van der Waals surface area contributed by atoms with E-state index in [9.17, 15) is 19.3 Å². The third kappa shape index (κ3) is 3.36. The molecule has 1 aromatic carbocycles. The molecular weight excluding hydrogens is 277 g/mol. The van der Waals surface area contributed by atoms with Crippen LogP contribution in [0.15, 0.2) is 18.2 Å². The zero-order chi connectivity index (χ0) is 15.6. The van der Waals surface area contributed by atoms with Crippen molar-refractivity contribution < 1.29 is 14.1 Å². The van der Waals surface area contributed by atoms with Crippen LogP contribution < -0.4 is 5.73 Å². The average Bonchev–Trinajstić information content (AvgIpc) is 2.46. The summed E-state index contributed by atoms with van der Waals surface area (Å²) < 4.78 is 13.1. The number of nitro groups is 1. The second kappa shape index (κ2) is 6.17. The Hall–Kier alpha value is -2.02. The third-order valence-electron chi connectivity index (χ3n) is 4.00. The highest BCUT2D eigenvalue weighted by atomic mass is 19.1. The van der Waals surface area contributed by atoms with E-state index in [2.05, 4.69) is 0 Å². The van der Waals surface area contributed by atoms with Crippen LogP contribution in [-0.2, 0) is 0 Å². The van der Waals surface area contributed by atoms with Gasteiger partial charge in [0, 0.05) is 19.1 Å². The molecule has 0 radical (unpaired) electrons. The first-order valence-electron chi connectivity index (χ1n) is 6.87. The SMILES string of the molecule is CN(C(=O)c1ccc(F)cc1[N+](=O)[O-])C1CCC(N)CC1. The van der Waals surface area contributed by atoms with Gasteiger partial charge >= 0.3 is 0 Å². The van der Waals surface area contributed by atoms with Crippen LogP contribution in [-0.4, -0.2) is 34.9 Å². The second-order valence-corrected chi connectivity index (χ2v) is 5.40. The minimum Gasteiger partial charge on any atom is -0.339 e. The highest BCUT2D eigenvalue weighted by Gasteiger charge is 2.29.